The number of rotatable bonds is 5. The molecule has 1 aromatic carbocycles. The highest BCUT2D eigenvalue weighted by molar-refractivity contribution is 5.80. The van der Waals surface area contributed by atoms with Gasteiger partial charge in [-0.2, -0.15) is 0 Å². The zero-order chi connectivity index (χ0) is 16.8. The van der Waals surface area contributed by atoms with Crippen LogP contribution in [0.15, 0.2) is 42.7 Å². The molecule has 7 heteroatoms. The monoisotopic (exact) mass is 326 g/mol. The highest BCUT2D eigenvalue weighted by Gasteiger charge is 2.25. The van der Waals surface area contributed by atoms with Crippen LogP contribution < -0.4 is 0 Å². The minimum absolute atomic E-state index is 0.0711. The second-order valence-corrected chi connectivity index (χ2v) is 5.90. The number of amides is 1. The molecule has 0 aliphatic carbocycles. The maximum absolute atomic E-state index is 12.5. The first-order chi connectivity index (χ1) is 11.7. The summed E-state index contributed by atoms with van der Waals surface area (Å²) in [5, 5.41) is 11.0. The molecule has 1 aliphatic rings. The van der Waals surface area contributed by atoms with Crippen molar-refractivity contribution in [1.29, 1.82) is 0 Å². The van der Waals surface area contributed by atoms with Gasteiger partial charge in [0.05, 0.1) is 0 Å². The van der Waals surface area contributed by atoms with Gasteiger partial charge in [-0.3, -0.25) is 9.69 Å². The quantitative estimate of drug-likeness (QED) is 0.823. The fourth-order valence-corrected chi connectivity index (χ4v) is 2.78. The van der Waals surface area contributed by atoms with Crippen molar-refractivity contribution in [2.75, 3.05) is 32.7 Å². The zero-order valence-electron chi connectivity index (χ0n) is 13.8. The summed E-state index contributed by atoms with van der Waals surface area (Å²) in [5.41, 5.74) is 1.21. The smallest absolute Gasteiger partial charge is 0.247 e. The molecule has 0 unspecified atom stereocenters. The molecule has 1 aliphatic heterocycles. The number of piperazine rings is 1. The number of carbonyl (C=O) groups excluding carboxylic acids is 1. The van der Waals surface area contributed by atoms with Gasteiger partial charge in [0, 0.05) is 32.7 Å². The van der Waals surface area contributed by atoms with Gasteiger partial charge in [-0.05, 0) is 22.9 Å². The van der Waals surface area contributed by atoms with Gasteiger partial charge >= 0.3 is 0 Å². The van der Waals surface area contributed by atoms with Crippen LogP contribution in [0.1, 0.15) is 18.5 Å². The van der Waals surface area contributed by atoms with Crippen molar-refractivity contribution in [1.82, 2.24) is 30.0 Å². The van der Waals surface area contributed by atoms with Gasteiger partial charge in [-0.15, -0.1) is 5.10 Å². The Morgan fingerprint density at radius 2 is 1.96 bits per heavy atom. The number of benzene rings is 1. The molecule has 0 spiro atoms. The van der Waals surface area contributed by atoms with Crippen LogP contribution in [-0.4, -0.2) is 68.6 Å². The van der Waals surface area contributed by atoms with E-state index in [9.17, 15) is 4.79 Å². The molecule has 1 aromatic heterocycles. The van der Waals surface area contributed by atoms with Crippen molar-refractivity contribution < 1.29 is 4.79 Å². The van der Waals surface area contributed by atoms with Crippen molar-refractivity contribution in [3.8, 4) is 0 Å². The van der Waals surface area contributed by atoms with Crippen LogP contribution >= 0.6 is 0 Å². The predicted molar refractivity (Wildman–Crippen MR) is 91.0 cm³/mol. The lowest BCUT2D eigenvalue weighted by Crippen LogP contribution is -2.50. The number of carbonyl (C=O) groups is 1. The van der Waals surface area contributed by atoms with E-state index in [0.717, 1.165) is 32.7 Å². The molecule has 24 heavy (non-hydrogen) atoms. The van der Waals surface area contributed by atoms with Crippen molar-refractivity contribution in [3.63, 3.8) is 0 Å². The average Bonchev–Trinajstić information content (AvgIpc) is 3.17. The number of hydrogen-bond acceptors (Lipinski definition) is 5. The summed E-state index contributed by atoms with van der Waals surface area (Å²) in [5.74, 6) is 0.0711. The number of tetrazole rings is 1. The van der Waals surface area contributed by atoms with Crippen LogP contribution in [0.25, 0.3) is 6.08 Å². The first kappa shape index (κ1) is 16.3. The van der Waals surface area contributed by atoms with Crippen molar-refractivity contribution >= 4 is 12.0 Å². The Balaban J connectivity index is 1.45. The third kappa shape index (κ3) is 4.05. The highest BCUT2D eigenvalue weighted by Crippen LogP contribution is 2.11. The maximum Gasteiger partial charge on any atom is 0.247 e. The minimum Gasteiger partial charge on any atom is -0.338 e. The van der Waals surface area contributed by atoms with Crippen LogP contribution in [0, 0.1) is 0 Å². The van der Waals surface area contributed by atoms with Crippen molar-refractivity contribution in [2.24, 2.45) is 0 Å². The lowest BCUT2D eigenvalue weighted by Gasteiger charge is -2.35. The molecule has 1 fully saturated rings. The van der Waals surface area contributed by atoms with Crippen LogP contribution in [0.4, 0.5) is 0 Å². The van der Waals surface area contributed by atoms with E-state index in [1.807, 2.05) is 30.0 Å². The molecule has 0 radical (unpaired) electrons. The van der Waals surface area contributed by atoms with E-state index < -0.39 is 0 Å². The van der Waals surface area contributed by atoms with Gasteiger partial charge in [-0.1, -0.05) is 42.5 Å². The Morgan fingerprint density at radius 3 is 2.62 bits per heavy atom. The lowest BCUT2D eigenvalue weighted by molar-refractivity contribution is -0.136. The zero-order valence-corrected chi connectivity index (χ0v) is 13.8. The first-order valence-corrected chi connectivity index (χ1v) is 8.19. The maximum atomic E-state index is 12.5. The first-order valence-electron chi connectivity index (χ1n) is 8.19. The Kier molecular flexibility index (Phi) is 5.32. The largest absolute Gasteiger partial charge is 0.338 e. The van der Waals surface area contributed by atoms with Crippen molar-refractivity contribution in [3.05, 3.63) is 48.3 Å². The van der Waals surface area contributed by atoms with E-state index in [1.165, 1.54) is 16.6 Å². The molecule has 1 amide bonds. The summed E-state index contributed by atoms with van der Waals surface area (Å²) in [6, 6.07) is 9.92. The van der Waals surface area contributed by atoms with Crippen LogP contribution in [0.2, 0.25) is 0 Å². The van der Waals surface area contributed by atoms with Crippen LogP contribution in [0.5, 0.6) is 0 Å². The number of aromatic nitrogens is 4. The van der Waals surface area contributed by atoms with Gasteiger partial charge < -0.3 is 4.90 Å². The lowest BCUT2D eigenvalue weighted by atomic mass is 10.2. The van der Waals surface area contributed by atoms with Gasteiger partial charge in [0.1, 0.15) is 12.4 Å². The highest BCUT2D eigenvalue weighted by atomic mass is 16.2. The molecule has 126 valence electrons. The molecule has 0 N–H and O–H groups in total. The van der Waals surface area contributed by atoms with E-state index in [2.05, 4.69) is 44.7 Å². The van der Waals surface area contributed by atoms with E-state index in [4.69, 9.17) is 0 Å². The normalized spacial score (nSPS) is 17.3. The van der Waals surface area contributed by atoms with Crippen LogP contribution in [0.3, 0.4) is 0 Å². The van der Waals surface area contributed by atoms with E-state index in [0.29, 0.717) is 0 Å². The molecular formula is C17H22N6O. The standard InChI is InChI=1S/C17H22N6O/c1-15(23-14-18-19-20-23)17(24)22-12-10-21(11-13-22)9-5-8-16-6-3-2-4-7-16/h2-8,14-15H,9-13H2,1H3/t15-/m0/s1. The third-order valence-electron chi connectivity index (χ3n) is 4.28. The number of hydrogen-bond donors (Lipinski definition) is 0. The van der Waals surface area contributed by atoms with Crippen molar-refractivity contribution in [2.45, 2.75) is 13.0 Å². The van der Waals surface area contributed by atoms with Gasteiger partial charge in [0.2, 0.25) is 5.91 Å². The molecule has 0 saturated carbocycles. The predicted octanol–water partition coefficient (Wildman–Crippen LogP) is 1.09. The fourth-order valence-electron chi connectivity index (χ4n) is 2.78. The molecule has 0 bridgehead atoms. The third-order valence-corrected chi connectivity index (χ3v) is 4.28. The molecule has 2 heterocycles. The SMILES string of the molecule is C[C@@H](C(=O)N1CCN(CC=Cc2ccccc2)CC1)n1cnnn1. The van der Waals surface area contributed by atoms with Crippen LogP contribution in [-0.2, 0) is 4.79 Å². The fraction of sp³-hybridized carbons (Fsp3) is 0.412. The van der Waals surface area contributed by atoms with E-state index in [1.54, 1.807) is 0 Å². The molecule has 1 saturated heterocycles. The average molecular weight is 326 g/mol. The molecule has 2 aromatic rings. The molecular weight excluding hydrogens is 304 g/mol. The summed E-state index contributed by atoms with van der Waals surface area (Å²) in [7, 11) is 0. The Labute approximate surface area is 141 Å². The van der Waals surface area contributed by atoms with E-state index in [-0.39, 0.29) is 11.9 Å². The van der Waals surface area contributed by atoms with Gasteiger partial charge in [0.25, 0.3) is 0 Å². The second kappa shape index (κ2) is 7.83. The summed E-state index contributed by atoms with van der Waals surface area (Å²) in [6.07, 6.45) is 5.79. The minimum atomic E-state index is -0.357. The molecule has 1 atom stereocenters. The topological polar surface area (TPSA) is 67.2 Å². The van der Waals surface area contributed by atoms with Gasteiger partial charge in [-0.25, -0.2) is 4.68 Å². The molecule has 3 rings (SSSR count). The second-order valence-electron chi connectivity index (χ2n) is 5.90. The summed E-state index contributed by atoms with van der Waals surface area (Å²) < 4.78 is 1.50. The van der Waals surface area contributed by atoms with E-state index >= 15 is 0 Å². The molecule has 7 nitrogen and oxygen atoms in total. The van der Waals surface area contributed by atoms with Gasteiger partial charge in [0.15, 0.2) is 0 Å². The summed E-state index contributed by atoms with van der Waals surface area (Å²) in [6.45, 7) is 5.97. The summed E-state index contributed by atoms with van der Waals surface area (Å²) in [4.78, 5) is 16.7. The Hall–Kier alpha value is -2.54. The Bertz CT molecular complexity index is 662. The number of nitrogens with zero attached hydrogens (tertiary/aromatic N) is 6. The Morgan fingerprint density at radius 1 is 1.21 bits per heavy atom. The summed E-state index contributed by atoms with van der Waals surface area (Å²) >= 11 is 0.